The van der Waals surface area contributed by atoms with Gasteiger partial charge in [0.25, 0.3) is 5.56 Å². The molecule has 0 spiro atoms. The molecule has 2 aromatic heterocycles. The first kappa shape index (κ1) is 18.0. The van der Waals surface area contributed by atoms with E-state index >= 15 is 0 Å². The van der Waals surface area contributed by atoms with Crippen LogP contribution in [-0.2, 0) is 4.79 Å². The van der Waals surface area contributed by atoms with Crippen molar-refractivity contribution in [1.82, 2.24) is 14.8 Å². The summed E-state index contributed by atoms with van der Waals surface area (Å²) in [6.07, 6.45) is 3.32. The van der Waals surface area contributed by atoms with Gasteiger partial charge in [-0.1, -0.05) is 15.9 Å². The van der Waals surface area contributed by atoms with E-state index in [1.54, 1.807) is 37.5 Å². The van der Waals surface area contributed by atoms with Crippen LogP contribution in [0.25, 0.3) is 11.3 Å². The Labute approximate surface area is 159 Å². The quantitative estimate of drug-likeness (QED) is 0.710. The minimum atomic E-state index is -0.761. The summed E-state index contributed by atoms with van der Waals surface area (Å²) < 4.78 is 2.15. The number of anilines is 1. The lowest BCUT2D eigenvalue weighted by atomic mass is 10.2. The first-order chi connectivity index (χ1) is 12.5. The van der Waals surface area contributed by atoms with Crippen molar-refractivity contribution >= 4 is 27.5 Å². The van der Waals surface area contributed by atoms with Gasteiger partial charge in [0.15, 0.2) is 0 Å². The van der Waals surface area contributed by atoms with Crippen LogP contribution >= 0.6 is 15.9 Å². The maximum Gasteiger partial charge on any atom is 0.267 e. The van der Waals surface area contributed by atoms with Crippen molar-refractivity contribution in [2.75, 3.05) is 5.32 Å². The van der Waals surface area contributed by atoms with E-state index in [1.807, 2.05) is 25.1 Å². The van der Waals surface area contributed by atoms with Gasteiger partial charge in [-0.3, -0.25) is 14.6 Å². The minimum Gasteiger partial charge on any atom is -0.324 e. The summed E-state index contributed by atoms with van der Waals surface area (Å²) in [6, 6.07) is 11.4. The van der Waals surface area contributed by atoms with Crippen LogP contribution in [0.2, 0.25) is 0 Å². The van der Waals surface area contributed by atoms with Gasteiger partial charge in [0.1, 0.15) is 6.04 Å². The SMILES string of the molecule is Cc1cc(NC(=O)C(C)n2nc(-c3cccnc3)ccc2=O)ccc1Br. The molecule has 0 aliphatic rings. The maximum atomic E-state index is 12.6. The average molecular weight is 413 g/mol. The molecule has 3 aromatic rings. The number of nitrogens with one attached hydrogen (secondary N) is 1. The molecule has 0 fully saturated rings. The van der Waals surface area contributed by atoms with Gasteiger partial charge in [-0.15, -0.1) is 0 Å². The van der Waals surface area contributed by atoms with E-state index in [1.165, 1.54) is 10.7 Å². The van der Waals surface area contributed by atoms with Crippen molar-refractivity contribution in [1.29, 1.82) is 0 Å². The zero-order valence-electron chi connectivity index (χ0n) is 14.3. The predicted molar refractivity (Wildman–Crippen MR) is 104 cm³/mol. The van der Waals surface area contributed by atoms with Crippen molar-refractivity contribution in [3.05, 3.63) is 75.2 Å². The van der Waals surface area contributed by atoms with E-state index < -0.39 is 6.04 Å². The molecular formula is C19H17BrN4O2. The number of pyridine rings is 1. The Morgan fingerprint density at radius 1 is 1.23 bits per heavy atom. The third kappa shape index (κ3) is 3.88. The largest absolute Gasteiger partial charge is 0.324 e. The van der Waals surface area contributed by atoms with Gasteiger partial charge >= 0.3 is 0 Å². The second-order valence-corrected chi connectivity index (χ2v) is 6.73. The molecule has 1 atom stereocenters. The normalized spacial score (nSPS) is 11.8. The minimum absolute atomic E-state index is 0.315. The summed E-state index contributed by atoms with van der Waals surface area (Å²) in [4.78, 5) is 28.8. The van der Waals surface area contributed by atoms with Gasteiger partial charge in [0.05, 0.1) is 5.69 Å². The predicted octanol–water partition coefficient (Wildman–Crippen LogP) is 3.58. The summed E-state index contributed by atoms with van der Waals surface area (Å²) in [5.74, 6) is -0.315. The molecule has 1 aromatic carbocycles. The summed E-state index contributed by atoms with van der Waals surface area (Å²) in [7, 11) is 0. The number of carbonyl (C=O) groups is 1. The molecule has 1 N–H and O–H groups in total. The molecule has 0 saturated carbocycles. The number of amides is 1. The van der Waals surface area contributed by atoms with Gasteiger partial charge in [0.2, 0.25) is 5.91 Å². The van der Waals surface area contributed by atoms with Crippen molar-refractivity contribution in [2.24, 2.45) is 0 Å². The number of rotatable bonds is 4. The second kappa shape index (κ2) is 7.61. The Bertz CT molecular complexity index is 1000. The van der Waals surface area contributed by atoms with Gasteiger partial charge in [-0.25, -0.2) is 4.68 Å². The first-order valence-electron chi connectivity index (χ1n) is 8.03. The van der Waals surface area contributed by atoms with Crippen LogP contribution in [-0.4, -0.2) is 20.7 Å². The van der Waals surface area contributed by atoms with E-state index in [-0.39, 0.29) is 11.5 Å². The third-order valence-electron chi connectivity index (χ3n) is 3.95. The second-order valence-electron chi connectivity index (χ2n) is 5.87. The number of hydrogen-bond acceptors (Lipinski definition) is 4. The number of halogens is 1. The monoisotopic (exact) mass is 412 g/mol. The molecule has 2 heterocycles. The van der Waals surface area contributed by atoms with Crippen molar-refractivity contribution in [3.8, 4) is 11.3 Å². The summed E-state index contributed by atoms with van der Waals surface area (Å²) >= 11 is 3.43. The molecule has 7 heteroatoms. The highest BCUT2D eigenvalue weighted by Gasteiger charge is 2.18. The van der Waals surface area contributed by atoms with Crippen LogP contribution in [0, 0.1) is 6.92 Å². The van der Waals surface area contributed by atoms with Gasteiger partial charge in [-0.05, 0) is 55.8 Å². The summed E-state index contributed by atoms with van der Waals surface area (Å²) in [6.45, 7) is 3.58. The number of hydrogen-bond donors (Lipinski definition) is 1. The number of aryl methyl sites for hydroxylation is 1. The lowest BCUT2D eigenvalue weighted by Crippen LogP contribution is -2.33. The number of carbonyl (C=O) groups excluding carboxylic acids is 1. The van der Waals surface area contributed by atoms with Gasteiger partial charge in [-0.2, -0.15) is 5.10 Å². The molecule has 3 rings (SSSR count). The highest BCUT2D eigenvalue weighted by molar-refractivity contribution is 9.10. The zero-order valence-corrected chi connectivity index (χ0v) is 15.9. The van der Waals surface area contributed by atoms with Crippen LogP contribution in [0.3, 0.4) is 0 Å². The molecule has 1 amide bonds. The fourth-order valence-electron chi connectivity index (χ4n) is 2.45. The molecule has 0 saturated heterocycles. The smallest absolute Gasteiger partial charge is 0.267 e. The fraction of sp³-hybridized carbons (Fsp3) is 0.158. The standard InChI is InChI=1S/C19H17BrN4O2/c1-12-10-15(5-6-16(12)20)22-19(26)13(2)24-18(25)8-7-17(23-24)14-4-3-9-21-11-14/h3-11,13H,1-2H3,(H,22,26). The van der Waals surface area contributed by atoms with Gasteiger partial charge < -0.3 is 5.32 Å². The van der Waals surface area contributed by atoms with Crippen LogP contribution in [0.15, 0.2) is 64.1 Å². The van der Waals surface area contributed by atoms with E-state index in [2.05, 4.69) is 31.3 Å². The molecule has 0 aliphatic heterocycles. The first-order valence-corrected chi connectivity index (χ1v) is 8.82. The molecule has 0 radical (unpaired) electrons. The zero-order chi connectivity index (χ0) is 18.7. The lowest BCUT2D eigenvalue weighted by molar-refractivity contribution is -0.119. The molecule has 1 unspecified atom stereocenters. The number of nitrogens with zero attached hydrogens (tertiary/aromatic N) is 3. The van der Waals surface area contributed by atoms with Crippen LogP contribution < -0.4 is 10.9 Å². The highest BCUT2D eigenvalue weighted by Crippen LogP contribution is 2.21. The molecule has 0 bridgehead atoms. The molecule has 26 heavy (non-hydrogen) atoms. The highest BCUT2D eigenvalue weighted by atomic mass is 79.9. The lowest BCUT2D eigenvalue weighted by Gasteiger charge is -2.15. The Morgan fingerprint density at radius 2 is 2.04 bits per heavy atom. The molecule has 132 valence electrons. The Hall–Kier alpha value is -2.80. The van der Waals surface area contributed by atoms with Crippen molar-refractivity contribution < 1.29 is 4.79 Å². The Morgan fingerprint density at radius 3 is 2.73 bits per heavy atom. The number of benzene rings is 1. The van der Waals surface area contributed by atoms with Crippen molar-refractivity contribution in [3.63, 3.8) is 0 Å². The average Bonchev–Trinajstić information content (AvgIpc) is 2.65. The number of aromatic nitrogens is 3. The topological polar surface area (TPSA) is 76.9 Å². The molecular weight excluding hydrogens is 396 g/mol. The van der Waals surface area contributed by atoms with E-state index in [9.17, 15) is 9.59 Å². The van der Waals surface area contributed by atoms with Crippen LogP contribution in [0.1, 0.15) is 18.5 Å². The Kier molecular flexibility index (Phi) is 5.27. The third-order valence-corrected chi connectivity index (χ3v) is 4.84. The Balaban J connectivity index is 1.86. The summed E-state index contributed by atoms with van der Waals surface area (Å²) in [5, 5.41) is 7.16. The molecule has 0 aliphatic carbocycles. The van der Waals surface area contributed by atoms with Crippen LogP contribution in [0.5, 0.6) is 0 Å². The van der Waals surface area contributed by atoms with E-state index in [0.29, 0.717) is 11.4 Å². The maximum absolute atomic E-state index is 12.6. The van der Waals surface area contributed by atoms with E-state index in [4.69, 9.17) is 0 Å². The summed E-state index contributed by atoms with van der Waals surface area (Å²) in [5.41, 5.74) is 2.69. The fourth-order valence-corrected chi connectivity index (χ4v) is 2.70. The van der Waals surface area contributed by atoms with E-state index in [0.717, 1.165) is 15.6 Å². The van der Waals surface area contributed by atoms with Gasteiger partial charge in [0, 0.05) is 34.2 Å². The molecule has 6 nitrogen and oxygen atoms in total. The van der Waals surface area contributed by atoms with Crippen molar-refractivity contribution in [2.45, 2.75) is 19.9 Å². The van der Waals surface area contributed by atoms with Crippen LogP contribution in [0.4, 0.5) is 5.69 Å².